The van der Waals surface area contributed by atoms with E-state index in [4.69, 9.17) is 30.5 Å². The fourth-order valence-electron chi connectivity index (χ4n) is 8.00. The number of unbranched alkanes of at least 4 members (excludes halogenated alkanes) is 18. The number of hydrogen-bond acceptors (Lipinski definition) is 7. The number of pyridine rings is 1. The lowest BCUT2D eigenvalue weighted by Crippen LogP contribution is -2.09. The summed E-state index contributed by atoms with van der Waals surface area (Å²) < 4.78 is 24.3. The molecule has 0 atom stereocenters. The SMILES string of the molecule is CCCCCCCCCCCCOc1ccc(/C=C/c2ccc(C(=O)OCc3cccc(COC(=O)c4ccc(/C=C/c5ccc(OCCCCCCCCCCCC)c(I)c5)cc4)n3)cc2)cc1Cl. The minimum absolute atomic E-state index is 0.0155. The van der Waals surface area contributed by atoms with E-state index in [9.17, 15) is 9.59 Å². The molecule has 0 saturated heterocycles. The number of nitrogens with zero attached hydrogens (tertiary/aromatic N) is 1. The Bertz CT molecular complexity index is 2180. The Kier molecular flexibility index (Phi) is 26.9. The maximum Gasteiger partial charge on any atom is 0.338 e. The summed E-state index contributed by atoms with van der Waals surface area (Å²) in [5, 5.41) is 0.590. The lowest BCUT2D eigenvalue weighted by molar-refractivity contribution is 0.0463. The van der Waals surface area contributed by atoms with Gasteiger partial charge in [-0.1, -0.05) is 208 Å². The van der Waals surface area contributed by atoms with E-state index in [0.29, 0.717) is 39.9 Å². The number of hydrogen-bond donors (Lipinski definition) is 0. The van der Waals surface area contributed by atoms with Crippen LogP contribution in [0.4, 0.5) is 0 Å². The predicted molar refractivity (Wildman–Crippen MR) is 299 cm³/mol. The molecule has 0 amide bonds. The highest BCUT2D eigenvalue weighted by Crippen LogP contribution is 2.28. The second-order valence-corrected chi connectivity index (χ2v) is 19.7. The number of ether oxygens (including phenoxy) is 4. The largest absolute Gasteiger partial charge is 0.492 e. The first kappa shape index (κ1) is 56.0. The Balaban J connectivity index is 0.963. The normalized spacial score (nSPS) is 11.4. The summed E-state index contributed by atoms with van der Waals surface area (Å²) in [5.41, 5.74) is 5.90. The molecule has 5 aromatic rings. The monoisotopic (exact) mass is 1080 g/mol. The minimum Gasteiger partial charge on any atom is -0.492 e. The van der Waals surface area contributed by atoms with Crippen molar-refractivity contribution in [3.63, 3.8) is 0 Å². The topological polar surface area (TPSA) is 84.0 Å². The molecule has 0 fully saturated rings. The molecule has 0 aliphatic rings. The van der Waals surface area contributed by atoms with Gasteiger partial charge in [0, 0.05) is 0 Å². The van der Waals surface area contributed by atoms with Gasteiger partial charge < -0.3 is 18.9 Å². The van der Waals surface area contributed by atoms with Gasteiger partial charge in [-0.15, -0.1) is 0 Å². The van der Waals surface area contributed by atoms with Crippen LogP contribution in [0.3, 0.4) is 0 Å². The van der Waals surface area contributed by atoms with Crippen molar-refractivity contribution in [2.45, 2.75) is 155 Å². The van der Waals surface area contributed by atoms with Crippen LogP contribution >= 0.6 is 34.2 Å². The molecule has 0 radical (unpaired) electrons. The number of halogens is 2. The molecule has 1 aromatic heterocycles. The first-order chi connectivity index (χ1) is 34.3. The second-order valence-electron chi connectivity index (χ2n) is 18.1. The van der Waals surface area contributed by atoms with Gasteiger partial charge in [0.1, 0.15) is 24.7 Å². The molecule has 0 spiro atoms. The molecule has 1 heterocycles. The molecule has 0 aliphatic heterocycles. The van der Waals surface area contributed by atoms with E-state index in [-0.39, 0.29) is 13.2 Å². The zero-order valence-electron chi connectivity index (χ0n) is 41.7. The predicted octanol–water partition coefficient (Wildman–Crippen LogP) is 18.0. The van der Waals surface area contributed by atoms with E-state index in [1.165, 1.54) is 116 Å². The molecule has 5 rings (SSSR count). The molecule has 9 heteroatoms. The summed E-state index contributed by atoms with van der Waals surface area (Å²) in [6.07, 6.45) is 34.0. The van der Waals surface area contributed by atoms with Crippen LogP contribution in [0.5, 0.6) is 11.5 Å². The van der Waals surface area contributed by atoms with Crippen molar-refractivity contribution in [2.75, 3.05) is 13.2 Å². The molecule has 0 bridgehead atoms. The maximum atomic E-state index is 12.9. The van der Waals surface area contributed by atoms with Gasteiger partial charge in [-0.05, 0) is 118 Å². The highest BCUT2D eigenvalue weighted by molar-refractivity contribution is 14.1. The third kappa shape index (κ3) is 22.0. The van der Waals surface area contributed by atoms with Crippen molar-refractivity contribution in [2.24, 2.45) is 0 Å². The van der Waals surface area contributed by atoms with Crippen LogP contribution in [0.25, 0.3) is 24.3 Å². The van der Waals surface area contributed by atoms with Gasteiger partial charge in [0.2, 0.25) is 0 Å². The van der Waals surface area contributed by atoms with Gasteiger partial charge in [-0.3, -0.25) is 4.98 Å². The van der Waals surface area contributed by atoms with Crippen LogP contribution < -0.4 is 9.47 Å². The lowest BCUT2D eigenvalue weighted by atomic mass is 10.1. The summed E-state index contributed by atoms with van der Waals surface area (Å²) >= 11 is 8.89. The molecule has 0 N–H and O–H groups in total. The molecule has 70 heavy (non-hydrogen) atoms. The van der Waals surface area contributed by atoms with Gasteiger partial charge in [0.25, 0.3) is 0 Å². The van der Waals surface area contributed by atoms with Crippen LogP contribution in [0.15, 0.2) is 103 Å². The molecule has 374 valence electrons. The van der Waals surface area contributed by atoms with E-state index in [2.05, 4.69) is 59.6 Å². The van der Waals surface area contributed by atoms with Crippen LogP contribution in [-0.4, -0.2) is 30.1 Å². The number of aromatic nitrogens is 1. The van der Waals surface area contributed by atoms with Crippen molar-refractivity contribution >= 4 is 70.4 Å². The molecule has 0 saturated carbocycles. The van der Waals surface area contributed by atoms with Crippen molar-refractivity contribution < 1.29 is 28.5 Å². The van der Waals surface area contributed by atoms with Gasteiger partial charge in [0.05, 0.1) is 44.3 Å². The quantitative estimate of drug-likeness (QED) is 0.0176. The Morgan fingerprint density at radius 1 is 0.471 bits per heavy atom. The summed E-state index contributed by atoms with van der Waals surface area (Å²) in [7, 11) is 0. The zero-order valence-corrected chi connectivity index (χ0v) is 44.7. The Hall–Kier alpha value is -4.93. The Labute approximate surface area is 438 Å². The number of carbonyl (C=O) groups is 2. The first-order valence-corrected chi connectivity index (χ1v) is 27.5. The zero-order chi connectivity index (χ0) is 49.4. The lowest BCUT2D eigenvalue weighted by Gasteiger charge is -2.09. The average Bonchev–Trinajstić information content (AvgIpc) is 3.38. The molecule has 0 aliphatic carbocycles. The highest BCUT2D eigenvalue weighted by atomic mass is 127. The number of esters is 2. The van der Waals surface area contributed by atoms with Crippen LogP contribution in [-0.2, 0) is 22.7 Å². The molecular formula is C61H75ClINO6. The number of benzene rings is 4. The van der Waals surface area contributed by atoms with E-state index in [0.717, 1.165) is 51.0 Å². The Morgan fingerprint density at radius 2 is 0.843 bits per heavy atom. The third-order valence-electron chi connectivity index (χ3n) is 12.2. The van der Waals surface area contributed by atoms with Crippen LogP contribution in [0.1, 0.15) is 197 Å². The molecule has 7 nitrogen and oxygen atoms in total. The number of carbonyl (C=O) groups excluding carboxylic acids is 2. The molecular weight excluding hydrogens is 1010 g/mol. The third-order valence-corrected chi connectivity index (χ3v) is 13.4. The minimum atomic E-state index is -0.458. The van der Waals surface area contributed by atoms with Gasteiger partial charge in [-0.25, -0.2) is 9.59 Å². The smallest absolute Gasteiger partial charge is 0.338 e. The van der Waals surface area contributed by atoms with E-state index >= 15 is 0 Å². The van der Waals surface area contributed by atoms with Crippen molar-refractivity contribution in [1.29, 1.82) is 0 Å². The van der Waals surface area contributed by atoms with E-state index < -0.39 is 11.9 Å². The van der Waals surface area contributed by atoms with Gasteiger partial charge in [-0.2, -0.15) is 0 Å². The first-order valence-electron chi connectivity index (χ1n) is 26.0. The highest BCUT2D eigenvalue weighted by Gasteiger charge is 2.11. The van der Waals surface area contributed by atoms with Crippen molar-refractivity contribution in [1.82, 2.24) is 4.98 Å². The summed E-state index contributed by atoms with van der Waals surface area (Å²) in [6, 6.07) is 31.9. The van der Waals surface area contributed by atoms with E-state index in [1.807, 2.05) is 66.8 Å². The average molecular weight is 1080 g/mol. The second kappa shape index (κ2) is 33.6. The van der Waals surface area contributed by atoms with Crippen LogP contribution in [0.2, 0.25) is 5.02 Å². The van der Waals surface area contributed by atoms with Crippen molar-refractivity contribution in [3.05, 3.63) is 156 Å². The molecule has 0 unspecified atom stereocenters. The summed E-state index contributed by atoms with van der Waals surface area (Å²) in [6.45, 7) is 5.91. The van der Waals surface area contributed by atoms with Gasteiger partial charge in [0.15, 0.2) is 0 Å². The van der Waals surface area contributed by atoms with Gasteiger partial charge >= 0.3 is 11.9 Å². The molecule has 4 aromatic carbocycles. The fraction of sp³-hybridized carbons (Fsp3) is 0.426. The summed E-state index contributed by atoms with van der Waals surface area (Å²) in [5.74, 6) is 0.725. The summed E-state index contributed by atoms with van der Waals surface area (Å²) in [4.78, 5) is 30.4. The Morgan fingerprint density at radius 3 is 1.27 bits per heavy atom. The van der Waals surface area contributed by atoms with Crippen molar-refractivity contribution in [3.8, 4) is 11.5 Å². The number of rotatable bonds is 34. The maximum absolute atomic E-state index is 12.9. The van der Waals surface area contributed by atoms with Crippen LogP contribution in [0, 0.1) is 3.57 Å². The standard InChI is InChI=1S/C61H75ClINO6/c1-3-5-7-9-11-13-15-17-19-21-42-67-58-40-34-50(44-56(58)62)28-26-48-30-36-52(37-31-48)60(65)69-46-54-24-23-25-55(64-54)47-70-61(66)53-38-32-49(33-39-53)27-29-51-35-41-59(57(63)45-51)68-43-22-20-18-16-14-12-10-8-6-4-2/h23-41,44-45H,3-22,42-43,46-47H2,1-2H3/b28-26+,29-27+. The van der Waals surface area contributed by atoms with E-state index in [1.54, 1.807) is 42.5 Å². The fourth-order valence-corrected chi connectivity index (χ4v) is 8.94.